The minimum Gasteiger partial charge on any atom is -0.478 e. The Hall–Kier alpha value is -2.12. The summed E-state index contributed by atoms with van der Waals surface area (Å²) in [6, 6.07) is 6.22. The number of urea groups is 1. The molecule has 2 aliphatic rings. The van der Waals surface area contributed by atoms with Crippen LogP contribution in [0.5, 0.6) is 0 Å². The Labute approximate surface area is 146 Å². The fourth-order valence-electron chi connectivity index (χ4n) is 3.64. The molecule has 1 aromatic carbocycles. The van der Waals surface area contributed by atoms with Crippen molar-refractivity contribution in [3.05, 3.63) is 35.4 Å². The number of rotatable bonds is 4. The van der Waals surface area contributed by atoms with Crippen molar-refractivity contribution in [2.24, 2.45) is 5.92 Å². The maximum atomic E-state index is 12.6. The number of aromatic carboxylic acids is 1. The average molecular weight is 348 g/mol. The van der Waals surface area contributed by atoms with Crippen LogP contribution >= 0.6 is 0 Å². The molecule has 3 unspecified atom stereocenters. The Morgan fingerprint density at radius 1 is 1.28 bits per heavy atom. The summed E-state index contributed by atoms with van der Waals surface area (Å²) in [5, 5.41) is 21.8. The summed E-state index contributed by atoms with van der Waals surface area (Å²) in [6.45, 7) is 2.06. The molecular formula is C18H24N2O5. The summed E-state index contributed by atoms with van der Waals surface area (Å²) in [5.74, 6) is -0.703. The minimum atomic E-state index is -0.973. The normalized spacial score (nSPS) is 26.4. The third kappa shape index (κ3) is 4.29. The molecule has 2 aliphatic heterocycles. The van der Waals surface area contributed by atoms with Crippen molar-refractivity contribution in [2.75, 3.05) is 19.8 Å². The number of nitrogens with one attached hydrogen (secondary N) is 1. The van der Waals surface area contributed by atoms with E-state index in [9.17, 15) is 14.7 Å². The predicted octanol–water partition coefficient (Wildman–Crippen LogP) is 1.46. The van der Waals surface area contributed by atoms with Gasteiger partial charge in [-0.15, -0.1) is 0 Å². The number of hydrogen-bond acceptors (Lipinski definition) is 4. The number of aliphatic hydroxyl groups excluding tert-OH is 1. The maximum absolute atomic E-state index is 12.6. The Kier molecular flexibility index (Phi) is 5.55. The molecule has 2 heterocycles. The van der Waals surface area contributed by atoms with Crippen LogP contribution in [-0.4, -0.2) is 59.0 Å². The first-order valence-electron chi connectivity index (χ1n) is 8.67. The number of aliphatic hydroxyl groups is 1. The fraction of sp³-hybridized carbons (Fsp3) is 0.556. The summed E-state index contributed by atoms with van der Waals surface area (Å²) in [5.41, 5.74) is 1.05. The smallest absolute Gasteiger partial charge is 0.335 e. The average Bonchev–Trinajstić information content (AvgIpc) is 3.02. The molecule has 0 aromatic heterocycles. The van der Waals surface area contributed by atoms with Gasteiger partial charge < -0.3 is 25.2 Å². The predicted molar refractivity (Wildman–Crippen MR) is 90.3 cm³/mol. The topological polar surface area (TPSA) is 99.1 Å². The van der Waals surface area contributed by atoms with Gasteiger partial charge in [0.15, 0.2) is 0 Å². The van der Waals surface area contributed by atoms with Crippen LogP contribution in [-0.2, 0) is 11.3 Å². The lowest BCUT2D eigenvalue weighted by Crippen LogP contribution is -2.47. The number of carboxylic acids is 1. The zero-order valence-electron chi connectivity index (χ0n) is 14.1. The van der Waals surface area contributed by atoms with Crippen molar-refractivity contribution in [3.8, 4) is 0 Å². The zero-order chi connectivity index (χ0) is 17.8. The molecule has 0 bridgehead atoms. The molecule has 2 saturated heterocycles. The van der Waals surface area contributed by atoms with E-state index in [0.717, 1.165) is 25.0 Å². The molecule has 0 aliphatic carbocycles. The van der Waals surface area contributed by atoms with Crippen LogP contribution in [0.1, 0.15) is 35.2 Å². The van der Waals surface area contributed by atoms with Gasteiger partial charge in [-0.25, -0.2) is 9.59 Å². The number of amides is 2. The van der Waals surface area contributed by atoms with E-state index in [2.05, 4.69) is 5.32 Å². The highest BCUT2D eigenvalue weighted by atomic mass is 16.5. The molecule has 0 radical (unpaired) electrons. The Morgan fingerprint density at radius 3 is 2.68 bits per heavy atom. The van der Waals surface area contributed by atoms with Crippen molar-refractivity contribution < 1.29 is 24.5 Å². The monoisotopic (exact) mass is 348 g/mol. The van der Waals surface area contributed by atoms with Crippen LogP contribution in [0, 0.1) is 5.92 Å². The summed E-state index contributed by atoms with van der Waals surface area (Å²) < 4.78 is 5.53. The van der Waals surface area contributed by atoms with E-state index >= 15 is 0 Å². The van der Waals surface area contributed by atoms with E-state index in [1.54, 1.807) is 17.0 Å². The van der Waals surface area contributed by atoms with Crippen molar-refractivity contribution in [3.63, 3.8) is 0 Å². The number of carbonyl (C=O) groups is 2. The Morgan fingerprint density at radius 2 is 2.04 bits per heavy atom. The van der Waals surface area contributed by atoms with E-state index in [1.165, 1.54) is 12.1 Å². The van der Waals surface area contributed by atoms with E-state index in [-0.39, 0.29) is 23.6 Å². The molecule has 7 nitrogen and oxygen atoms in total. The fourth-order valence-corrected chi connectivity index (χ4v) is 3.64. The van der Waals surface area contributed by atoms with Gasteiger partial charge in [-0.3, -0.25) is 0 Å². The van der Waals surface area contributed by atoms with Gasteiger partial charge >= 0.3 is 12.0 Å². The van der Waals surface area contributed by atoms with Crippen molar-refractivity contribution in [1.29, 1.82) is 0 Å². The molecule has 25 heavy (non-hydrogen) atoms. The lowest BCUT2D eigenvalue weighted by atomic mass is 9.92. The highest BCUT2D eigenvalue weighted by Crippen LogP contribution is 2.29. The first-order valence-corrected chi connectivity index (χ1v) is 8.67. The summed E-state index contributed by atoms with van der Waals surface area (Å²) in [4.78, 5) is 25.1. The van der Waals surface area contributed by atoms with Gasteiger partial charge in [-0.2, -0.15) is 0 Å². The SMILES string of the molecule is O=C(O)c1ccc(CNC(=O)N2CC(O)CC2C2CCCOC2)cc1. The lowest BCUT2D eigenvalue weighted by molar-refractivity contribution is 0.0259. The molecule has 0 spiro atoms. The van der Waals surface area contributed by atoms with Crippen LogP contribution < -0.4 is 5.32 Å². The van der Waals surface area contributed by atoms with Gasteiger partial charge in [-0.1, -0.05) is 12.1 Å². The molecular weight excluding hydrogens is 324 g/mol. The third-order valence-electron chi connectivity index (χ3n) is 4.97. The molecule has 3 atom stereocenters. The first-order chi connectivity index (χ1) is 12.0. The summed E-state index contributed by atoms with van der Waals surface area (Å²) in [7, 11) is 0. The Balaban J connectivity index is 1.58. The second kappa shape index (κ2) is 7.84. The number of carboxylic acid groups (broad SMARTS) is 1. The van der Waals surface area contributed by atoms with E-state index in [0.29, 0.717) is 26.1 Å². The zero-order valence-corrected chi connectivity index (χ0v) is 14.1. The number of nitrogens with zero attached hydrogens (tertiary/aromatic N) is 1. The molecule has 0 saturated carbocycles. The highest BCUT2D eigenvalue weighted by Gasteiger charge is 2.39. The van der Waals surface area contributed by atoms with Gasteiger partial charge in [0.1, 0.15) is 0 Å². The molecule has 7 heteroatoms. The second-order valence-corrected chi connectivity index (χ2v) is 6.75. The lowest BCUT2D eigenvalue weighted by Gasteiger charge is -2.33. The second-order valence-electron chi connectivity index (χ2n) is 6.75. The third-order valence-corrected chi connectivity index (χ3v) is 4.97. The summed E-state index contributed by atoms with van der Waals surface area (Å²) >= 11 is 0. The Bertz CT molecular complexity index is 612. The molecule has 2 amide bonds. The number of hydrogen-bond donors (Lipinski definition) is 3. The van der Waals surface area contributed by atoms with Crippen molar-refractivity contribution in [1.82, 2.24) is 10.2 Å². The molecule has 3 rings (SSSR count). The molecule has 136 valence electrons. The van der Waals surface area contributed by atoms with Gasteiger partial charge in [0.25, 0.3) is 0 Å². The largest absolute Gasteiger partial charge is 0.478 e. The minimum absolute atomic E-state index is 0.00434. The molecule has 2 fully saturated rings. The number of ether oxygens (including phenoxy) is 1. The van der Waals surface area contributed by atoms with Crippen molar-refractivity contribution in [2.45, 2.75) is 38.0 Å². The van der Waals surface area contributed by atoms with Crippen LogP contribution in [0.4, 0.5) is 4.79 Å². The van der Waals surface area contributed by atoms with Crippen molar-refractivity contribution >= 4 is 12.0 Å². The first kappa shape index (κ1) is 17.7. The quantitative estimate of drug-likeness (QED) is 0.765. The van der Waals surface area contributed by atoms with Crippen LogP contribution in [0.25, 0.3) is 0 Å². The van der Waals surface area contributed by atoms with Crippen LogP contribution in [0.15, 0.2) is 24.3 Å². The van der Waals surface area contributed by atoms with Gasteiger partial charge in [0.05, 0.1) is 18.3 Å². The molecule has 3 N–H and O–H groups in total. The van der Waals surface area contributed by atoms with Gasteiger partial charge in [0, 0.05) is 31.7 Å². The van der Waals surface area contributed by atoms with E-state index in [1.807, 2.05) is 0 Å². The number of benzene rings is 1. The maximum Gasteiger partial charge on any atom is 0.335 e. The summed E-state index contributed by atoms with van der Waals surface area (Å²) in [6.07, 6.45) is 2.10. The van der Waals surface area contributed by atoms with Crippen LogP contribution in [0.2, 0.25) is 0 Å². The number of likely N-dealkylation sites (tertiary alicyclic amines) is 1. The van der Waals surface area contributed by atoms with Gasteiger partial charge in [-0.05, 0) is 37.0 Å². The van der Waals surface area contributed by atoms with E-state index in [4.69, 9.17) is 9.84 Å². The van der Waals surface area contributed by atoms with Crippen LogP contribution in [0.3, 0.4) is 0 Å². The highest BCUT2D eigenvalue weighted by molar-refractivity contribution is 5.87. The van der Waals surface area contributed by atoms with Gasteiger partial charge in [0.2, 0.25) is 0 Å². The number of β-amino-alcohol motifs (C(OH)–C–C–N with tert-alkyl or cyclic N) is 1. The molecule has 1 aromatic rings. The number of carbonyl (C=O) groups excluding carboxylic acids is 1. The van der Waals surface area contributed by atoms with E-state index < -0.39 is 12.1 Å². The standard InChI is InChI=1S/C18H24N2O5/c21-15-8-16(14-2-1-7-25-11-14)20(10-15)18(24)19-9-12-3-5-13(6-4-12)17(22)23/h3-6,14-16,21H,1-2,7-11H2,(H,19,24)(H,22,23).